The summed E-state index contributed by atoms with van der Waals surface area (Å²) < 4.78 is 0.236. The third kappa shape index (κ3) is 4.60. The van der Waals surface area contributed by atoms with Gasteiger partial charge in [0.25, 0.3) is 5.91 Å². The van der Waals surface area contributed by atoms with Gasteiger partial charge in [-0.1, -0.05) is 34.4 Å². The molecule has 2 saturated heterocycles. The monoisotopic (exact) mass is 562 g/mol. The largest absolute Gasteiger partial charge is 0.481 e. The normalized spacial score (nSPS) is 24.6. The Morgan fingerprint density at radius 1 is 1.44 bits per heavy atom. The molecule has 2 aliphatic heterocycles. The highest BCUT2D eigenvalue weighted by Gasteiger charge is 2.57. The van der Waals surface area contributed by atoms with E-state index in [0.29, 0.717) is 4.88 Å². The van der Waals surface area contributed by atoms with Crippen LogP contribution in [0.4, 0.5) is 5.13 Å². The number of anilines is 1. The quantitative estimate of drug-likeness (QED) is 0.260. The minimum atomic E-state index is -1.34. The van der Waals surface area contributed by atoms with Crippen molar-refractivity contribution in [2.45, 2.75) is 11.4 Å². The average molecular weight is 563 g/mol. The summed E-state index contributed by atoms with van der Waals surface area (Å²) in [5, 5.41) is 17.8. The Morgan fingerprint density at radius 3 is 2.79 bits per heavy atom. The number of β-lactam (4-membered cyclic amide) rings is 1. The van der Waals surface area contributed by atoms with Gasteiger partial charge in [0, 0.05) is 17.7 Å². The summed E-state index contributed by atoms with van der Waals surface area (Å²) in [6.07, 6.45) is 3.06. The van der Waals surface area contributed by atoms with E-state index >= 15 is 0 Å². The maximum absolute atomic E-state index is 12.8. The molecule has 2 aliphatic rings. The molecular weight excluding hydrogens is 547 g/mol. The van der Waals surface area contributed by atoms with Crippen LogP contribution in [-0.4, -0.2) is 74.3 Å². The molecule has 2 fully saturated rings. The SMILES string of the molecule is CON=C(C(=O)NC1C(=O)N2CC(C=Cc3sc(Cl)nc3Cl)(C(=O)O)CS[C@H]12)c1csc(N)n1. The minimum Gasteiger partial charge on any atom is -0.481 e. The van der Waals surface area contributed by atoms with E-state index < -0.39 is 34.6 Å². The minimum absolute atomic E-state index is 0.0620. The van der Waals surface area contributed by atoms with Gasteiger partial charge in [-0.25, -0.2) is 9.97 Å². The number of nitrogens with one attached hydrogen (secondary N) is 1. The molecule has 34 heavy (non-hydrogen) atoms. The number of nitrogen functional groups attached to an aromatic ring is 1. The number of thiazole rings is 2. The first-order valence-corrected chi connectivity index (χ1v) is 12.9. The molecule has 0 bridgehead atoms. The highest BCUT2D eigenvalue weighted by atomic mass is 35.5. The van der Waals surface area contributed by atoms with Gasteiger partial charge in [-0.15, -0.1) is 34.4 Å². The smallest absolute Gasteiger partial charge is 0.316 e. The Morgan fingerprint density at radius 2 is 2.21 bits per heavy atom. The van der Waals surface area contributed by atoms with Crippen LogP contribution in [0.3, 0.4) is 0 Å². The zero-order chi connectivity index (χ0) is 24.6. The van der Waals surface area contributed by atoms with Crippen molar-refractivity contribution in [1.82, 2.24) is 20.2 Å². The predicted molar refractivity (Wildman–Crippen MR) is 131 cm³/mol. The highest BCUT2D eigenvalue weighted by molar-refractivity contribution is 8.00. The number of aliphatic carboxylic acids is 1. The zero-order valence-corrected chi connectivity index (χ0v) is 21.2. The number of carboxylic acids is 1. The topological polar surface area (TPSA) is 160 Å². The van der Waals surface area contributed by atoms with Gasteiger partial charge >= 0.3 is 5.97 Å². The van der Waals surface area contributed by atoms with Crippen LogP contribution in [0, 0.1) is 5.41 Å². The molecule has 11 nitrogen and oxygen atoms in total. The number of fused-ring (bicyclic) bond motifs is 1. The van der Waals surface area contributed by atoms with Crippen LogP contribution in [0.2, 0.25) is 9.62 Å². The Balaban J connectivity index is 1.47. The lowest BCUT2D eigenvalue weighted by molar-refractivity contribution is -0.155. The summed E-state index contributed by atoms with van der Waals surface area (Å²) in [5.41, 5.74) is 4.39. The lowest BCUT2D eigenvalue weighted by atomic mass is 9.86. The molecule has 2 aromatic heterocycles. The molecule has 0 spiro atoms. The molecule has 2 amide bonds. The van der Waals surface area contributed by atoms with E-state index in [1.54, 1.807) is 11.5 Å². The van der Waals surface area contributed by atoms with E-state index in [-0.39, 0.29) is 38.5 Å². The first-order valence-electron chi connectivity index (χ1n) is 9.45. The fourth-order valence-corrected chi connectivity index (χ4v) is 6.76. The van der Waals surface area contributed by atoms with Gasteiger partial charge < -0.3 is 25.9 Å². The molecule has 4 rings (SSSR count). The number of nitrogens with zero attached hydrogens (tertiary/aromatic N) is 4. The molecule has 0 radical (unpaired) electrons. The number of hydrogen-bond donors (Lipinski definition) is 3. The van der Waals surface area contributed by atoms with Crippen molar-refractivity contribution < 1.29 is 24.3 Å². The van der Waals surface area contributed by atoms with Crippen LogP contribution in [0.15, 0.2) is 16.6 Å². The van der Waals surface area contributed by atoms with Crippen LogP contribution in [0.25, 0.3) is 6.08 Å². The van der Waals surface area contributed by atoms with E-state index in [0.717, 1.165) is 22.7 Å². The number of carboxylic acid groups (broad SMARTS) is 1. The number of hydrogen-bond acceptors (Lipinski definition) is 11. The number of halogens is 2. The van der Waals surface area contributed by atoms with Gasteiger partial charge in [0.05, 0.1) is 4.88 Å². The number of nitrogens with two attached hydrogens (primary N) is 1. The lowest BCUT2D eigenvalue weighted by Gasteiger charge is -2.53. The van der Waals surface area contributed by atoms with Crippen LogP contribution in [-0.2, 0) is 19.2 Å². The van der Waals surface area contributed by atoms with E-state index in [4.69, 9.17) is 33.8 Å². The summed E-state index contributed by atoms with van der Waals surface area (Å²) in [6.45, 7) is -0.0620. The predicted octanol–water partition coefficient (Wildman–Crippen LogP) is 2.02. The standard InChI is InChI=1S/C18H16Cl2N6O5S3/c1-31-25-9(7-4-32-17(21)22-7)12(27)23-10-13(28)26-5-18(15(29)30,6-33-14(10)26)3-2-8-11(19)24-16(20)34-8/h2-4,10,14H,5-6H2,1H3,(H2,21,22)(H,23,27)(H,29,30)/t10?,14-,18?/m1/s1. The number of rotatable bonds is 7. The number of thioether (sulfide) groups is 1. The zero-order valence-electron chi connectivity index (χ0n) is 17.2. The molecule has 0 saturated carbocycles. The first kappa shape index (κ1) is 24.7. The maximum atomic E-state index is 12.8. The molecule has 16 heteroatoms. The van der Waals surface area contributed by atoms with Gasteiger partial charge in [0.15, 0.2) is 15.3 Å². The molecule has 0 aromatic carbocycles. The van der Waals surface area contributed by atoms with Gasteiger partial charge in [0.2, 0.25) is 5.91 Å². The molecule has 3 atom stereocenters. The molecule has 2 unspecified atom stereocenters. The van der Waals surface area contributed by atoms with Crippen molar-refractivity contribution >= 4 is 92.3 Å². The molecule has 4 N–H and O–H groups in total. The summed E-state index contributed by atoms with van der Waals surface area (Å²) in [4.78, 5) is 52.4. The number of oxime groups is 1. The van der Waals surface area contributed by atoms with Crippen LogP contribution >= 0.6 is 57.6 Å². The Kier molecular flexibility index (Phi) is 7.05. The first-order chi connectivity index (χ1) is 16.1. The highest BCUT2D eigenvalue weighted by Crippen LogP contribution is 2.43. The third-order valence-electron chi connectivity index (χ3n) is 5.12. The van der Waals surface area contributed by atoms with Gasteiger partial charge in [-0.2, -0.15) is 0 Å². The fourth-order valence-electron chi connectivity index (χ4n) is 3.42. The van der Waals surface area contributed by atoms with Crippen LogP contribution in [0.1, 0.15) is 10.6 Å². The van der Waals surface area contributed by atoms with Gasteiger partial charge in [0.1, 0.15) is 34.8 Å². The Labute approximate surface area is 215 Å². The maximum Gasteiger partial charge on any atom is 0.316 e. The van der Waals surface area contributed by atoms with Crippen LogP contribution < -0.4 is 11.1 Å². The summed E-state index contributed by atoms with van der Waals surface area (Å²) in [5.74, 6) is -1.97. The van der Waals surface area contributed by atoms with E-state index in [1.807, 2.05) is 0 Å². The molecule has 2 aromatic rings. The lowest BCUT2D eigenvalue weighted by Crippen LogP contribution is -2.73. The van der Waals surface area contributed by atoms with E-state index in [2.05, 4.69) is 20.4 Å². The second-order valence-corrected chi connectivity index (χ2v) is 11.2. The number of carbonyl (C=O) groups excluding carboxylic acids is 2. The number of carbonyl (C=O) groups is 3. The average Bonchev–Trinajstić information content (AvgIpc) is 3.37. The summed E-state index contributed by atoms with van der Waals surface area (Å²) >= 11 is 15.4. The molecule has 4 heterocycles. The second-order valence-electron chi connectivity index (χ2n) is 7.23. The summed E-state index contributed by atoms with van der Waals surface area (Å²) in [6, 6.07) is -0.846. The molecule has 180 valence electrons. The Hall–Kier alpha value is -2.39. The van der Waals surface area contributed by atoms with Crippen molar-refractivity contribution in [3.63, 3.8) is 0 Å². The molecular formula is C18H16Cl2N6O5S3. The Bertz CT molecular complexity index is 1220. The van der Waals surface area contributed by atoms with E-state index in [9.17, 15) is 19.5 Å². The fraction of sp³-hybridized carbons (Fsp3) is 0.333. The van der Waals surface area contributed by atoms with Gasteiger partial charge in [-0.3, -0.25) is 14.4 Å². The van der Waals surface area contributed by atoms with Crippen molar-refractivity contribution in [2.24, 2.45) is 10.6 Å². The van der Waals surface area contributed by atoms with Crippen LogP contribution in [0.5, 0.6) is 0 Å². The summed E-state index contributed by atoms with van der Waals surface area (Å²) in [7, 11) is 1.28. The van der Waals surface area contributed by atoms with Gasteiger partial charge in [-0.05, 0) is 6.08 Å². The second kappa shape index (κ2) is 9.70. The van der Waals surface area contributed by atoms with Crippen molar-refractivity contribution in [3.8, 4) is 0 Å². The number of amides is 2. The van der Waals surface area contributed by atoms with Crippen molar-refractivity contribution in [2.75, 3.05) is 25.1 Å². The molecule has 0 aliphatic carbocycles. The van der Waals surface area contributed by atoms with E-state index in [1.165, 1.54) is 29.8 Å². The third-order valence-corrected chi connectivity index (χ3v) is 8.87. The van der Waals surface area contributed by atoms with Crippen molar-refractivity contribution in [1.29, 1.82) is 0 Å². The number of aromatic nitrogens is 2. The van der Waals surface area contributed by atoms with Crippen molar-refractivity contribution in [3.05, 3.63) is 31.6 Å².